The van der Waals surface area contributed by atoms with Crippen LogP contribution in [0.2, 0.25) is 5.02 Å². The van der Waals surface area contributed by atoms with Crippen LogP contribution in [-0.4, -0.2) is 61.2 Å². The molecule has 0 N–H and O–H groups in total. The van der Waals surface area contributed by atoms with Crippen molar-refractivity contribution in [1.29, 1.82) is 0 Å². The molecule has 0 saturated carbocycles. The van der Waals surface area contributed by atoms with Gasteiger partial charge in [-0.05, 0) is 60.2 Å². The average molecular weight is 504 g/mol. The molecule has 3 heterocycles. The van der Waals surface area contributed by atoms with Gasteiger partial charge in [0.25, 0.3) is 0 Å². The van der Waals surface area contributed by atoms with E-state index in [-0.39, 0.29) is 23.0 Å². The molecule has 0 aromatic heterocycles. The van der Waals surface area contributed by atoms with Crippen molar-refractivity contribution < 1.29 is 13.2 Å². The van der Waals surface area contributed by atoms with Crippen LogP contribution in [0.3, 0.4) is 0 Å². The van der Waals surface area contributed by atoms with Crippen molar-refractivity contribution in [1.82, 2.24) is 9.80 Å². The number of hydrogen-bond donors (Lipinski definition) is 0. The number of carbonyl (C=O) groups is 1. The lowest BCUT2D eigenvalue weighted by atomic mass is 9.96. The third kappa shape index (κ3) is 4.93. The second-order valence-electron chi connectivity index (χ2n) is 8.72. The number of hydrogen-bond acceptors (Lipinski definition) is 6. The van der Waals surface area contributed by atoms with E-state index < -0.39 is 9.84 Å². The number of halogens is 1. The molecule has 33 heavy (non-hydrogen) atoms. The van der Waals surface area contributed by atoms with Gasteiger partial charge in [-0.25, -0.2) is 8.42 Å². The lowest BCUT2D eigenvalue weighted by molar-refractivity contribution is -0.131. The molecule has 2 aromatic rings. The van der Waals surface area contributed by atoms with Gasteiger partial charge in [-0.2, -0.15) is 0 Å². The number of benzene rings is 2. The highest BCUT2D eigenvalue weighted by molar-refractivity contribution is 8.17. The predicted octanol–water partition coefficient (Wildman–Crippen LogP) is 4.55. The summed E-state index contributed by atoms with van der Waals surface area (Å²) in [5.41, 5.74) is 0. The minimum atomic E-state index is -3.54. The minimum absolute atomic E-state index is 0.00762. The molecule has 1 saturated heterocycles. The second kappa shape index (κ2) is 9.31. The number of nitrogens with zero attached hydrogens (tertiary/aromatic N) is 3. The van der Waals surface area contributed by atoms with E-state index in [9.17, 15) is 13.2 Å². The first kappa shape index (κ1) is 22.7. The van der Waals surface area contributed by atoms with Crippen LogP contribution in [0.5, 0.6) is 0 Å². The van der Waals surface area contributed by atoms with Gasteiger partial charge in [0.1, 0.15) is 0 Å². The fourth-order valence-electron chi connectivity index (χ4n) is 4.59. The Hall–Kier alpha value is -2.03. The highest BCUT2D eigenvalue weighted by Crippen LogP contribution is 2.39. The first-order valence-corrected chi connectivity index (χ1v) is 14.1. The molecule has 0 atom stereocenters. The molecule has 0 aliphatic carbocycles. The van der Waals surface area contributed by atoms with E-state index in [4.69, 9.17) is 11.6 Å². The SMILES string of the molecule is O=C(CCS(=O)(=O)c1ccc2cc(Cl)ccc2c1)N1CCC(C2=CN3CCCN=C3S2)CC1. The highest BCUT2D eigenvalue weighted by Gasteiger charge is 2.31. The Labute approximate surface area is 203 Å². The summed E-state index contributed by atoms with van der Waals surface area (Å²) < 4.78 is 25.7. The van der Waals surface area contributed by atoms with E-state index in [1.54, 1.807) is 42.1 Å². The van der Waals surface area contributed by atoms with Gasteiger partial charge in [0, 0.05) is 48.7 Å². The number of aliphatic imine (C=N–C) groups is 1. The van der Waals surface area contributed by atoms with E-state index in [0.29, 0.717) is 24.0 Å². The molecule has 2 aromatic carbocycles. The quantitative estimate of drug-likeness (QED) is 0.599. The van der Waals surface area contributed by atoms with Gasteiger partial charge >= 0.3 is 0 Å². The van der Waals surface area contributed by atoms with Gasteiger partial charge in [0.15, 0.2) is 15.0 Å². The predicted molar refractivity (Wildman–Crippen MR) is 134 cm³/mol. The molecule has 0 radical (unpaired) electrons. The topological polar surface area (TPSA) is 70.1 Å². The van der Waals surface area contributed by atoms with Crippen molar-refractivity contribution in [3.05, 3.63) is 52.5 Å². The fourth-order valence-corrected chi connectivity index (χ4v) is 7.24. The molecular weight excluding hydrogens is 478 g/mol. The highest BCUT2D eigenvalue weighted by atomic mass is 35.5. The Morgan fingerprint density at radius 3 is 2.64 bits per heavy atom. The number of fused-ring (bicyclic) bond motifs is 2. The van der Waals surface area contributed by atoms with Gasteiger partial charge in [-0.15, -0.1) is 0 Å². The third-order valence-corrected chi connectivity index (χ3v) is 9.68. The van der Waals surface area contributed by atoms with Crippen LogP contribution in [0.1, 0.15) is 25.7 Å². The summed E-state index contributed by atoms with van der Waals surface area (Å²) in [6.45, 7) is 3.28. The first-order chi connectivity index (χ1) is 15.9. The van der Waals surface area contributed by atoms with E-state index in [1.165, 1.54) is 4.91 Å². The van der Waals surface area contributed by atoms with Crippen LogP contribution in [0.25, 0.3) is 10.8 Å². The van der Waals surface area contributed by atoms with Gasteiger partial charge < -0.3 is 9.80 Å². The Kier molecular flexibility index (Phi) is 6.42. The van der Waals surface area contributed by atoms with Gasteiger partial charge in [-0.3, -0.25) is 9.79 Å². The van der Waals surface area contributed by atoms with Crippen molar-refractivity contribution in [2.75, 3.05) is 31.9 Å². The normalized spacial score (nSPS) is 19.4. The summed E-state index contributed by atoms with van der Waals surface area (Å²) in [5, 5.41) is 3.42. The number of piperidine rings is 1. The maximum atomic E-state index is 12.9. The zero-order chi connectivity index (χ0) is 23.0. The average Bonchev–Trinajstić information content (AvgIpc) is 3.27. The van der Waals surface area contributed by atoms with Crippen molar-refractivity contribution in [3.63, 3.8) is 0 Å². The molecule has 174 valence electrons. The van der Waals surface area contributed by atoms with E-state index >= 15 is 0 Å². The van der Waals surface area contributed by atoms with E-state index in [1.807, 2.05) is 11.0 Å². The van der Waals surface area contributed by atoms with Gasteiger partial charge in [-0.1, -0.05) is 35.5 Å². The third-order valence-electron chi connectivity index (χ3n) is 6.51. The summed E-state index contributed by atoms with van der Waals surface area (Å²) in [5.74, 6) is 0.183. The lowest BCUT2D eigenvalue weighted by Crippen LogP contribution is -2.39. The number of allylic oxidation sites excluding steroid dienone is 1. The number of amides is 1. The first-order valence-electron chi connectivity index (χ1n) is 11.3. The smallest absolute Gasteiger partial charge is 0.223 e. The Bertz CT molecular complexity index is 1250. The summed E-state index contributed by atoms with van der Waals surface area (Å²) in [4.78, 5) is 23.0. The Morgan fingerprint density at radius 1 is 1.09 bits per heavy atom. The van der Waals surface area contributed by atoms with Crippen LogP contribution in [0.15, 0.2) is 57.4 Å². The van der Waals surface area contributed by atoms with Crippen molar-refractivity contribution >= 4 is 55.0 Å². The number of thioether (sulfide) groups is 1. The summed E-state index contributed by atoms with van der Waals surface area (Å²) in [7, 11) is -3.54. The van der Waals surface area contributed by atoms with Crippen LogP contribution >= 0.6 is 23.4 Å². The van der Waals surface area contributed by atoms with E-state index in [0.717, 1.165) is 48.3 Å². The van der Waals surface area contributed by atoms with Crippen LogP contribution in [0, 0.1) is 5.92 Å². The molecule has 0 bridgehead atoms. The number of sulfone groups is 1. The lowest BCUT2D eigenvalue weighted by Gasteiger charge is -2.32. The zero-order valence-corrected chi connectivity index (χ0v) is 20.6. The maximum absolute atomic E-state index is 12.9. The van der Waals surface area contributed by atoms with Gasteiger partial charge in [0.2, 0.25) is 5.91 Å². The van der Waals surface area contributed by atoms with E-state index in [2.05, 4.69) is 16.1 Å². The molecule has 6 nitrogen and oxygen atoms in total. The number of likely N-dealkylation sites (tertiary alicyclic amines) is 1. The van der Waals surface area contributed by atoms with Crippen molar-refractivity contribution in [3.8, 4) is 0 Å². The maximum Gasteiger partial charge on any atom is 0.223 e. The standard InChI is InChI=1S/C24H26ClN3O3S2/c25-20-4-2-19-15-21(5-3-18(19)14-20)33(30,31)13-8-23(29)27-11-6-17(7-12-27)22-16-28-10-1-9-26-24(28)32-22/h2-5,14-17H,1,6-13H2. The molecule has 0 spiro atoms. The van der Waals surface area contributed by atoms with Crippen LogP contribution < -0.4 is 0 Å². The molecule has 1 amide bonds. The largest absolute Gasteiger partial charge is 0.343 e. The number of amidine groups is 1. The van der Waals surface area contributed by atoms with Crippen LogP contribution in [-0.2, 0) is 14.6 Å². The summed E-state index contributed by atoms with van der Waals surface area (Å²) in [6, 6.07) is 10.4. The molecule has 1 fully saturated rings. The van der Waals surface area contributed by atoms with Crippen molar-refractivity contribution in [2.45, 2.75) is 30.6 Å². The zero-order valence-electron chi connectivity index (χ0n) is 18.2. The Morgan fingerprint density at radius 2 is 1.85 bits per heavy atom. The molecule has 9 heteroatoms. The second-order valence-corrected chi connectivity index (χ2v) is 12.3. The summed E-state index contributed by atoms with van der Waals surface area (Å²) >= 11 is 7.78. The number of rotatable bonds is 5. The molecule has 3 aliphatic heterocycles. The monoisotopic (exact) mass is 503 g/mol. The molecule has 0 unspecified atom stereocenters. The van der Waals surface area contributed by atoms with Gasteiger partial charge in [0.05, 0.1) is 10.6 Å². The summed E-state index contributed by atoms with van der Waals surface area (Å²) in [6.07, 6.45) is 5.15. The van der Waals surface area contributed by atoms with Crippen molar-refractivity contribution in [2.24, 2.45) is 10.9 Å². The van der Waals surface area contributed by atoms with Crippen LogP contribution in [0.4, 0.5) is 0 Å². The number of carbonyl (C=O) groups excluding carboxylic acids is 1. The Balaban J connectivity index is 1.16. The molecule has 5 rings (SSSR count). The molecular formula is C24H26ClN3O3S2. The molecule has 3 aliphatic rings. The fraction of sp³-hybridized carbons (Fsp3) is 0.417. The minimum Gasteiger partial charge on any atom is -0.343 e.